The zero-order valence-electron chi connectivity index (χ0n) is 16.0. The molecule has 0 bridgehead atoms. The van der Waals surface area contributed by atoms with Crippen LogP contribution in [0.25, 0.3) is 10.9 Å². The van der Waals surface area contributed by atoms with Gasteiger partial charge in [0, 0.05) is 56.4 Å². The van der Waals surface area contributed by atoms with Gasteiger partial charge in [0.15, 0.2) is 5.96 Å². The molecule has 0 unspecified atom stereocenters. The SMILES string of the molecule is C=CCN1CCC(NC(=NC)NCCc2c[nH]c3c(C)cccc23)CC1. The molecule has 1 fully saturated rings. The number of hydrogen-bond acceptors (Lipinski definition) is 2. The first-order valence-corrected chi connectivity index (χ1v) is 9.57. The number of fused-ring (bicyclic) bond motifs is 1. The lowest BCUT2D eigenvalue weighted by Gasteiger charge is -2.32. The Morgan fingerprint density at radius 1 is 1.38 bits per heavy atom. The average Bonchev–Trinajstić information content (AvgIpc) is 3.07. The fraction of sp³-hybridized carbons (Fsp3) is 0.476. The molecule has 1 aliphatic rings. The molecular formula is C21H31N5. The Labute approximate surface area is 156 Å². The Hall–Kier alpha value is -2.27. The van der Waals surface area contributed by atoms with Gasteiger partial charge < -0.3 is 15.6 Å². The molecule has 0 saturated carbocycles. The van der Waals surface area contributed by atoms with Gasteiger partial charge in [0.05, 0.1) is 0 Å². The van der Waals surface area contributed by atoms with Crippen LogP contribution in [0.3, 0.4) is 0 Å². The van der Waals surface area contributed by atoms with Gasteiger partial charge >= 0.3 is 0 Å². The van der Waals surface area contributed by atoms with Crippen molar-refractivity contribution in [3.63, 3.8) is 0 Å². The van der Waals surface area contributed by atoms with E-state index >= 15 is 0 Å². The maximum atomic E-state index is 4.39. The van der Waals surface area contributed by atoms with Crippen molar-refractivity contribution in [2.24, 2.45) is 4.99 Å². The van der Waals surface area contributed by atoms with E-state index in [2.05, 4.69) is 63.4 Å². The molecule has 1 aromatic heterocycles. The highest BCUT2D eigenvalue weighted by atomic mass is 15.2. The second-order valence-electron chi connectivity index (χ2n) is 7.07. The number of nitrogens with zero attached hydrogens (tertiary/aromatic N) is 2. The molecule has 1 aliphatic heterocycles. The zero-order valence-corrected chi connectivity index (χ0v) is 16.0. The topological polar surface area (TPSA) is 55.4 Å². The van der Waals surface area contributed by atoms with Gasteiger partial charge in [0.25, 0.3) is 0 Å². The van der Waals surface area contributed by atoms with Crippen molar-refractivity contribution < 1.29 is 0 Å². The molecule has 1 saturated heterocycles. The molecule has 26 heavy (non-hydrogen) atoms. The Kier molecular flexibility index (Phi) is 6.34. The molecule has 5 nitrogen and oxygen atoms in total. The number of benzene rings is 1. The van der Waals surface area contributed by atoms with Crippen molar-refractivity contribution in [2.75, 3.05) is 33.2 Å². The Morgan fingerprint density at radius 3 is 2.92 bits per heavy atom. The fourth-order valence-electron chi connectivity index (χ4n) is 3.72. The average molecular weight is 354 g/mol. The molecule has 0 amide bonds. The number of aliphatic imine (C=N–C) groups is 1. The molecule has 3 N–H and O–H groups in total. The third kappa shape index (κ3) is 4.47. The number of rotatable bonds is 6. The summed E-state index contributed by atoms with van der Waals surface area (Å²) in [4.78, 5) is 10.2. The van der Waals surface area contributed by atoms with E-state index in [4.69, 9.17) is 0 Å². The summed E-state index contributed by atoms with van der Waals surface area (Å²) in [5.74, 6) is 0.906. The van der Waals surface area contributed by atoms with Crippen LogP contribution in [0.15, 0.2) is 42.0 Å². The first kappa shape index (κ1) is 18.5. The standard InChI is InChI=1S/C21H31N5/c1-4-12-26-13-9-18(10-14-26)25-21(22-3)23-11-8-17-15-24-20-16(2)6-5-7-19(17)20/h4-7,15,18,24H,1,8-14H2,2-3H3,(H2,22,23,25). The van der Waals surface area contributed by atoms with Crippen LogP contribution in [-0.4, -0.2) is 55.1 Å². The van der Waals surface area contributed by atoms with Gasteiger partial charge in [0.2, 0.25) is 0 Å². The summed E-state index contributed by atoms with van der Waals surface area (Å²) in [6.07, 6.45) is 7.39. The summed E-state index contributed by atoms with van der Waals surface area (Å²) in [6.45, 7) is 10.1. The van der Waals surface area contributed by atoms with Crippen molar-refractivity contribution in [2.45, 2.75) is 32.2 Å². The molecule has 5 heteroatoms. The predicted octanol–water partition coefficient (Wildman–Crippen LogP) is 2.83. The number of nitrogens with one attached hydrogen (secondary N) is 3. The van der Waals surface area contributed by atoms with E-state index in [1.165, 1.54) is 22.0 Å². The number of aromatic amines is 1. The minimum atomic E-state index is 0.498. The van der Waals surface area contributed by atoms with Crippen LogP contribution in [0.2, 0.25) is 0 Å². The molecule has 2 heterocycles. The summed E-state index contributed by atoms with van der Waals surface area (Å²) < 4.78 is 0. The van der Waals surface area contributed by atoms with Crippen LogP contribution in [0.5, 0.6) is 0 Å². The van der Waals surface area contributed by atoms with E-state index in [0.717, 1.165) is 51.4 Å². The lowest BCUT2D eigenvalue weighted by Crippen LogP contribution is -2.49. The van der Waals surface area contributed by atoms with E-state index in [0.29, 0.717) is 6.04 Å². The Bertz CT molecular complexity index is 753. The summed E-state index contributed by atoms with van der Waals surface area (Å²) in [5, 5.41) is 8.36. The molecule has 140 valence electrons. The van der Waals surface area contributed by atoms with Gasteiger partial charge in [-0.3, -0.25) is 9.89 Å². The fourth-order valence-corrected chi connectivity index (χ4v) is 3.72. The quantitative estimate of drug-likeness (QED) is 0.425. The van der Waals surface area contributed by atoms with Gasteiger partial charge in [-0.25, -0.2) is 0 Å². The first-order valence-electron chi connectivity index (χ1n) is 9.57. The number of piperidine rings is 1. The van der Waals surface area contributed by atoms with E-state index in [1.54, 1.807) is 0 Å². The first-order chi connectivity index (χ1) is 12.7. The Morgan fingerprint density at radius 2 is 2.19 bits per heavy atom. The highest BCUT2D eigenvalue weighted by Crippen LogP contribution is 2.21. The van der Waals surface area contributed by atoms with Gasteiger partial charge in [-0.15, -0.1) is 6.58 Å². The maximum Gasteiger partial charge on any atom is 0.191 e. The van der Waals surface area contributed by atoms with E-state index in [-0.39, 0.29) is 0 Å². The van der Waals surface area contributed by atoms with Gasteiger partial charge in [0.1, 0.15) is 0 Å². The third-order valence-electron chi connectivity index (χ3n) is 5.24. The molecule has 3 rings (SSSR count). The van der Waals surface area contributed by atoms with E-state index in [9.17, 15) is 0 Å². The van der Waals surface area contributed by atoms with E-state index < -0.39 is 0 Å². The normalized spacial score (nSPS) is 16.8. The van der Waals surface area contributed by atoms with Gasteiger partial charge in [-0.05, 0) is 37.3 Å². The van der Waals surface area contributed by atoms with Crippen molar-refractivity contribution in [3.8, 4) is 0 Å². The number of likely N-dealkylation sites (tertiary alicyclic amines) is 1. The monoisotopic (exact) mass is 353 g/mol. The van der Waals surface area contributed by atoms with Crippen LogP contribution >= 0.6 is 0 Å². The maximum absolute atomic E-state index is 4.39. The minimum Gasteiger partial charge on any atom is -0.361 e. The minimum absolute atomic E-state index is 0.498. The molecule has 0 spiro atoms. The number of para-hydroxylation sites is 1. The zero-order chi connectivity index (χ0) is 18.4. The van der Waals surface area contributed by atoms with Gasteiger partial charge in [-0.2, -0.15) is 0 Å². The van der Waals surface area contributed by atoms with Crippen LogP contribution < -0.4 is 10.6 Å². The summed E-state index contributed by atoms with van der Waals surface area (Å²) >= 11 is 0. The highest BCUT2D eigenvalue weighted by Gasteiger charge is 2.19. The third-order valence-corrected chi connectivity index (χ3v) is 5.24. The number of aromatic nitrogens is 1. The molecule has 0 aliphatic carbocycles. The number of hydrogen-bond donors (Lipinski definition) is 3. The molecule has 1 aromatic carbocycles. The van der Waals surface area contributed by atoms with Crippen LogP contribution in [0.4, 0.5) is 0 Å². The molecular weight excluding hydrogens is 322 g/mol. The number of guanidine groups is 1. The van der Waals surface area contributed by atoms with E-state index in [1.807, 2.05) is 13.1 Å². The highest BCUT2D eigenvalue weighted by molar-refractivity contribution is 5.86. The van der Waals surface area contributed by atoms with Gasteiger partial charge in [-0.1, -0.05) is 24.3 Å². The van der Waals surface area contributed by atoms with Crippen molar-refractivity contribution in [3.05, 3.63) is 48.2 Å². The summed E-state index contributed by atoms with van der Waals surface area (Å²) in [6, 6.07) is 6.96. The van der Waals surface area contributed by atoms with Crippen LogP contribution in [0, 0.1) is 6.92 Å². The number of aryl methyl sites for hydroxylation is 1. The van der Waals surface area contributed by atoms with Crippen molar-refractivity contribution >= 4 is 16.9 Å². The smallest absolute Gasteiger partial charge is 0.191 e. The van der Waals surface area contributed by atoms with Crippen molar-refractivity contribution in [1.29, 1.82) is 0 Å². The summed E-state index contributed by atoms with van der Waals surface area (Å²) in [5.41, 5.74) is 3.89. The second-order valence-corrected chi connectivity index (χ2v) is 7.07. The second kappa shape index (κ2) is 8.90. The predicted molar refractivity (Wildman–Crippen MR) is 111 cm³/mol. The lowest BCUT2D eigenvalue weighted by molar-refractivity contribution is 0.225. The molecule has 0 radical (unpaired) electrons. The van der Waals surface area contributed by atoms with Crippen molar-refractivity contribution in [1.82, 2.24) is 20.5 Å². The molecule has 0 atom stereocenters. The van der Waals surface area contributed by atoms with Crippen LogP contribution in [0.1, 0.15) is 24.0 Å². The summed E-state index contributed by atoms with van der Waals surface area (Å²) in [7, 11) is 1.84. The molecule has 2 aromatic rings. The van der Waals surface area contributed by atoms with Crippen LogP contribution in [-0.2, 0) is 6.42 Å². The Balaban J connectivity index is 1.47. The lowest BCUT2D eigenvalue weighted by atomic mass is 10.1. The largest absolute Gasteiger partial charge is 0.361 e. The number of H-pyrrole nitrogens is 1.